The third-order valence-electron chi connectivity index (χ3n) is 4.28. The smallest absolute Gasteiger partial charge is 0.412 e. The normalized spacial score (nSPS) is 11.4. The third kappa shape index (κ3) is 10.3. The molecular weight excluding hydrogens is 454 g/mol. The van der Waals surface area contributed by atoms with Crippen LogP contribution in [0.1, 0.15) is 47.1 Å². The number of rotatable bonds is 8. The Balaban J connectivity index is 1.97. The maximum atomic E-state index is 12.8. The number of nitro benzene ring substituents is 1. The number of carbonyl (C=O) groups is 2. The van der Waals surface area contributed by atoms with Gasteiger partial charge in [-0.1, -0.05) is 12.1 Å². The van der Waals surface area contributed by atoms with Crippen LogP contribution in [0.25, 0.3) is 0 Å². The third-order valence-corrected chi connectivity index (χ3v) is 4.28. The van der Waals surface area contributed by atoms with E-state index in [1.807, 2.05) is 45.0 Å². The Kier molecular flexibility index (Phi) is 9.05. The molecule has 0 spiro atoms. The molecule has 0 aliphatic rings. The van der Waals surface area contributed by atoms with Gasteiger partial charge in [0.05, 0.1) is 4.92 Å². The maximum Gasteiger partial charge on any atom is 0.412 e. The summed E-state index contributed by atoms with van der Waals surface area (Å²) in [7, 11) is 0. The van der Waals surface area contributed by atoms with E-state index in [1.54, 1.807) is 20.8 Å². The van der Waals surface area contributed by atoms with Crippen LogP contribution in [-0.4, -0.2) is 46.3 Å². The molecule has 0 atom stereocenters. The first kappa shape index (κ1) is 27.4. The fraction of sp³-hybridized carbons (Fsp3) is 0.440. The molecule has 10 nitrogen and oxygen atoms in total. The first-order chi connectivity index (χ1) is 16.2. The minimum Gasteiger partial charge on any atom is -0.488 e. The van der Waals surface area contributed by atoms with E-state index in [0.717, 1.165) is 11.3 Å². The van der Waals surface area contributed by atoms with Crippen molar-refractivity contribution in [2.75, 3.05) is 13.1 Å². The molecule has 10 heteroatoms. The van der Waals surface area contributed by atoms with E-state index in [0.29, 0.717) is 0 Å². The van der Waals surface area contributed by atoms with Gasteiger partial charge >= 0.3 is 12.2 Å². The molecule has 2 aromatic carbocycles. The summed E-state index contributed by atoms with van der Waals surface area (Å²) >= 11 is 0. The number of benzene rings is 2. The number of hydrogen-bond donors (Lipinski definition) is 1. The van der Waals surface area contributed by atoms with Gasteiger partial charge in [0.25, 0.3) is 5.69 Å². The number of amides is 2. The predicted octanol–water partition coefficient (Wildman–Crippen LogP) is 5.30. The van der Waals surface area contributed by atoms with Gasteiger partial charge in [0.15, 0.2) is 0 Å². The Morgan fingerprint density at radius 2 is 1.49 bits per heavy atom. The van der Waals surface area contributed by atoms with Crippen molar-refractivity contribution >= 4 is 17.9 Å². The van der Waals surface area contributed by atoms with E-state index >= 15 is 0 Å². The van der Waals surface area contributed by atoms with Crippen LogP contribution in [0.15, 0.2) is 48.5 Å². The molecule has 2 aromatic rings. The summed E-state index contributed by atoms with van der Waals surface area (Å²) in [5.41, 5.74) is -0.241. The number of nitro groups is 1. The van der Waals surface area contributed by atoms with Gasteiger partial charge in [0, 0.05) is 31.8 Å². The lowest BCUT2D eigenvalue weighted by Crippen LogP contribution is -2.41. The minimum atomic E-state index is -0.744. The zero-order valence-corrected chi connectivity index (χ0v) is 21.0. The molecule has 0 fully saturated rings. The lowest BCUT2D eigenvalue weighted by Gasteiger charge is -2.27. The van der Waals surface area contributed by atoms with Gasteiger partial charge in [-0.25, -0.2) is 9.59 Å². The Morgan fingerprint density at radius 3 is 2.00 bits per heavy atom. The maximum absolute atomic E-state index is 12.8. The number of non-ortho nitro benzene ring substituents is 1. The highest BCUT2D eigenvalue weighted by molar-refractivity contribution is 5.71. The summed E-state index contributed by atoms with van der Waals surface area (Å²) < 4.78 is 16.5. The number of carbonyl (C=O) groups excluding carboxylic acids is 2. The standard InChI is InChI=1S/C25H33N3O7/c1-24(2,3)34-21-11-7-18(8-12-21)17-27(23(30)35-25(4,5)6)16-15-26-22(29)33-20-13-9-19(10-14-20)28(31)32/h7-14H,15-17H2,1-6H3,(H,26,29). The van der Waals surface area contributed by atoms with Crippen LogP contribution in [0.5, 0.6) is 11.5 Å². The lowest BCUT2D eigenvalue weighted by atomic mass is 10.1. The molecule has 0 radical (unpaired) electrons. The van der Waals surface area contributed by atoms with Gasteiger partial charge in [-0.15, -0.1) is 0 Å². The highest BCUT2D eigenvalue weighted by Crippen LogP contribution is 2.20. The molecule has 0 heterocycles. The van der Waals surface area contributed by atoms with Crippen LogP contribution in [-0.2, 0) is 11.3 Å². The second-order valence-electron chi connectivity index (χ2n) is 9.83. The van der Waals surface area contributed by atoms with Gasteiger partial charge in [0.2, 0.25) is 0 Å². The fourth-order valence-electron chi connectivity index (χ4n) is 2.87. The van der Waals surface area contributed by atoms with Crippen molar-refractivity contribution < 1.29 is 28.7 Å². The molecule has 0 unspecified atom stereocenters. The van der Waals surface area contributed by atoms with Crippen molar-refractivity contribution in [3.8, 4) is 11.5 Å². The van der Waals surface area contributed by atoms with Crippen LogP contribution >= 0.6 is 0 Å². The molecule has 0 bridgehead atoms. The predicted molar refractivity (Wildman–Crippen MR) is 131 cm³/mol. The number of nitrogens with one attached hydrogen (secondary N) is 1. The molecule has 35 heavy (non-hydrogen) atoms. The number of nitrogens with zero attached hydrogens (tertiary/aromatic N) is 2. The van der Waals surface area contributed by atoms with Crippen LogP contribution < -0.4 is 14.8 Å². The van der Waals surface area contributed by atoms with Crippen LogP contribution in [0.4, 0.5) is 15.3 Å². The Labute approximate surface area is 205 Å². The van der Waals surface area contributed by atoms with Crippen molar-refractivity contribution in [2.24, 2.45) is 0 Å². The second kappa shape index (κ2) is 11.5. The molecular formula is C25H33N3O7. The van der Waals surface area contributed by atoms with Crippen molar-refractivity contribution in [3.05, 3.63) is 64.2 Å². The lowest BCUT2D eigenvalue weighted by molar-refractivity contribution is -0.384. The van der Waals surface area contributed by atoms with Gasteiger partial charge in [-0.3, -0.25) is 10.1 Å². The molecule has 0 saturated heterocycles. The molecule has 1 N–H and O–H groups in total. The molecule has 2 rings (SSSR count). The molecule has 0 aromatic heterocycles. The molecule has 0 saturated carbocycles. The SMILES string of the molecule is CC(C)(C)OC(=O)N(CCNC(=O)Oc1ccc([N+](=O)[O-])cc1)Cc1ccc(OC(C)(C)C)cc1. The molecule has 0 aliphatic carbocycles. The van der Waals surface area contributed by atoms with Crippen LogP contribution in [0, 0.1) is 10.1 Å². The topological polar surface area (TPSA) is 120 Å². The highest BCUT2D eigenvalue weighted by atomic mass is 16.6. The molecule has 0 aliphatic heterocycles. The van der Waals surface area contributed by atoms with Crippen molar-refractivity contribution in [2.45, 2.75) is 59.3 Å². The van der Waals surface area contributed by atoms with Crippen molar-refractivity contribution in [1.29, 1.82) is 0 Å². The van der Waals surface area contributed by atoms with E-state index in [4.69, 9.17) is 14.2 Å². The number of ether oxygens (including phenoxy) is 3. The van der Waals surface area contributed by atoms with E-state index < -0.39 is 22.7 Å². The summed E-state index contributed by atoms with van der Waals surface area (Å²) in [5.74, 6) is 0.885. The van der Waals surface area contributed by atoms with Gasteiger partial charge in [-0.2, -0.15) is 0 Å². The van der Waals surface area contributed by atoms with Crippen LogP contribution in [0.3, 0.4) is 0 Å². The zero-order valence-electron chi connectivity index (χ0n) is 21.0. The van der Waals surface area contributed by atoms with Gasteiger partial charge in [-0.05, 0) is 71.4 Å². The summed E-state index contributed by atoms with van der Waals surface area (Å²) in [6.07, 6.45) is -1.26. The van der Waals surface area contributed by atoms with E-state index in [2.05, 4.69) is 5.32 Å². The van der Waals surface area contributed by atoms with E-state index in [9.17, 15) is 19.7 Å². The van der Waals surface area contributed by atoms with Crippen LogP contribution in [0.2, 0.25) is 0 Å². The number of hydrogen-bond acceptors (Lipinski definition) is 7. The Bertz CT molecular complexity index is 1010. The van der Waals surface area contributed by atoms with Crippen molar-refractivity contribution in [3.63, 3.8) is 0 Å². The van der Waals surface area contributed by atoms with Gasteiger partial charge in [0.1, 0.15) is 22.7 Å². The first-order valence-corrected chi connectivity index (χ1v) is 11.2. The average molecular weight is 488 g/mol. The van der Waals surface area contributed by atoms with Crippen molar-refractivity contribution in [1.82, 2.24) is 10.2 Å². The Morgan fingerprint density at radius 1 is 0.914 bits per heavy atom. The monoisotopic (exact) mass is 487 g/mol. The summed E-state index contributed by atoms with van der Waals surface area (Å²) in [6, 6.07) is 12.6. The van der Waals surface area contributed by atoms with E-state index in [1.165, 1.54) is 29.2 Å². The first-order valence-electron chi connectivity index (χ1n) is 11.2. The second-order valence-corrected chi connectivity index (χ2v) is 9.83. The van der Waals surface area contributed by atoms with Gasteiger partial charge < -0.3 is 24.4 Å². The summed E-state index contributed by atoms with van der Waals surface area (Å²) in [4.78, 5) is 36.5. The minimum absolute atomic E-state index is 0.107. The zero-order chi connectivity index (χ0) is 26.2. The fourth-order valence-corrected chi connectivity index (χ4v) is 2.87. The van der Waals surface area contributed by atoms with E-state index in [-0.39, 0.29) is 36.7 Å². The summed E-state index contributed by atoms with van der Waals surface area (Å²) in [5, 5.41) is 13.3. The Hall–Kier alpha value is -3.82. The highest BCUT2D eigenvalue weighted by Gasteiger charge is 2.23. The average Bonchev–Trinajstić information content (AvgIpc) is 2.72. The quantitative estimate of drug-likeness (QED) is 0.396. The molecule has 190 valence electrons. The summed E-state index contributed by atoms with van der Waals surface area (Å²) in [6.45, 7) is 11.8. The largest absolute Gasteiger partial charge is 0.488 e. The molecule has 2 amide bonds.